The summed E-state index contributed by atoms with van der Waals surface area (Å²) in [7, 11) is 0. The summed E-state index contributed by atoms with van der Waals surface area (Å²) >= 11 is 0. The van der Waals surface area contributed by atoms with Gasteiger partial charge in [0.15, 0.2) is 0 Å². The molecule has 10 aromatic rings. The molecule has 2 aliphatic carbocycles. The number of hydrogen-bond acceptors (Lipinski definition) is 2. The van der Waals surface area contributed by atoms with Gasteiger partial charge in [-0.2, -0.15) is 0 Å². The number of aryl methyl sites for hydroxylation is 1. The molecule has 0 aliphatic heterocycles. The average Bonchev–Trinajstić information content (AvgIpc) is 3.31. The first-order valence-corrected chi connectivity index (χ1v) is 21.2. The molecule has 0 heterocycles. The summed E-state index contributed by atoms with van der Waals surface area (Å²) in [5.74, 6) is 0. The molecule has 2 nitrogen and oxygen atoms in total. The zero-order valence-electron chi connectivity index (χ0n) is 33.3. The van der Waals surface area contributed by atoms with Crippen molar-refractivity contribution < 1.29 is 0 Å². The average molecular weight is 767 g/mol. The molecule has 284 valence electrons. The van der Waals surface area contributed by atoms with Crippen molar-refractivity contribution in [3.63, 3.8) is 0 Å². The standard InChI is InChI=1S/C58H42N2/c1-5-17-43-33-47(29-25-39(43)13-1)59(48-30-26-40-14-2-6-18-44(40)34-48)57-37-55-52-22-10-12-24-54(52)58(38-56(55)51-21-9-11-23-53(51)57)60(49-31-27-41-15-3-7-19-45(41)35-49)50-32-28-42-16-4-8-20-46(42)36-50/h1-3,5-15,17-34,36-38,49H,4,16,35H2. The van der Waals surface area contributed by atoms with Gasteiger partial charge in [0.2, 0.25) is 0 Å². The quantitative estimate of drug-likeness (QED) is 0.156. The highest BCUT2D eigenvalue weighted by molar-refractivity contribution is 6.24. The minimum absolute atomic E-state index is 0.133. The molecule has 0 radical (unpaired) electrons. The van der Waals surface area contributed by atoms with E-state index in [1.165, 1.54) is 87.5 Å². The molecule has 0 amide bonds. The second-order valence-corrected chi connectivity index (χ2v) is 16.4. The molecule has 0 N–H and O–H groups in total. The second kappa shape index (κ2) is 14.1. The van der Waals surface area contributed by atoms with Gasteiger partial charge in [-0.1, -0.05) is 164 Å². The summed E-state index contributed by atoms with van der Waals surface area (Å²) in [5.41, 5.74) is 11.3. The van der Waals surface area contributed by atoms with Crippen LogP contribution in [0.3, 0.4) is 0 Å². The molecule has 0 saturated heterocycles. The first-order chi connectivity index (χ1) is 29.7. The molecule has 1 atom stereocenters. The normalized spacial score (nSPS) is 14.5. The van der Waals surface area contributed by atoms with Crippen LogP contribution in [0.15, 0.2) is 200 Å². The first-order valence-electron chi connectivity index (χ1n) is 21.2. The molecule has 2 aliphatic rings. The largest absolute Gasteiger partial charge is 0.334 e. The first kappa shape index (κ1) is 34.6. The predicted octanol–water partition coefficient (Wildman–Crippen LogP) is 15.7. The highest BCUT2D eigenvalue weighted by atomic mass is 15.2. The minimum atomic E-state index is 0.133. The number of benzene rings is 10. The lowest BCUT2D eigenvalue weighted by molar-refractivity contribution is 0.768. The van der Waals surface area contributed by atoms with Crippen LogP contribution in [0.4, 0.5) is 28.4 Å². The summed E-state index contributed by atoms with van der Waals surface area (Å²) in [6.07, 6.45) is 12.5. The number of rotatable bonds is 6. The van der Waals surface area contributed by atoms with E-state index in [1.54, 1.807) is 0 Å². The Morgan fingerprint density at radius 2 is 0.950 bits per heavy atom. The van der Waals surface area contributed by atoms with E-state index in [1.807, 2.05) is 0 Å². The van der Waals surface area contributed by atoms with Crippen molar-refractivity contribution in [3.05, 3.63) is 222 Å². The Hall–Kier alpha value is -7.42. The van der Waals surface area contributed by atoms with Crippen LogP contribution in [0.5, 0.6) is 0 Å². The third-order valence-corrected chi connectivity index (χ3v) is 12.9. The van der Waals surface area contributed by atoms with Crippen LogP contribution in [0.25, 0.3) is 66.0 Å². The monoisotopic (exact) mass is 766 g/mol. The molecule has 2 heteroatoms. The molecule has 0 fully saturated rings. The van der Waals surface area contributed by atoms with Gasteiger partial charge < -0.3 is 9.80 Å². The fourth-order valence-corrected chi connectivity index (χ4v) is 10.00. The van der Waals surface area contributed by atoms with Gasteiger partial charge in [0.05, 0.1) is 17.4 Å². The molecule has 12 rings (SSSR count). The molecular weight excluding hydrogens is 725 g/mol. The third kappa shape index (κ3) is 5.79. The lowest BCUT2D eigenvalue weighted by Crippen LogP contribution is -2.33. The highest BCUT2D eigenvalue weighted by Gasteiger charge is 2.27. The van der Waals surface area contributed by atoms with Gasteiger partial charge in [-0.25, -0.2) is 0 Å². The second-order valence-electron chi connectivity index (χ2n) is 16.4. The molecule has 0 saturated carbocycles. The van der Waals surface area contributed by atoms with Gasteiger partial charge in [-0.05, 0) is 133 Å². The molecular formula is C58H42N2. The maximum Gasteiger partial charge on any atom is 0.0566 e. The van der Waals surface area contributed by atoms with Gasteiger partial charge in [-0.15, -0.1) is 0 Å². The Balaban J connectivity index is 1.13. The van der Waals surface area contributed by atoms with Crippen molar-refractivity contribution in [2.75, 3.05) is 9.80 Å². The Labute approximate surface area is 350 Å². The summed E-state index contributed by atoms with van der Waals surface area (Å²) in [4.78, 5) is 5.09. The summed E-state index contributed by atoms with van der Waals surface area (Å²) in [6, 6.07) is 70.2. The van der Waals surface area contributed by atoms with Crippen molar-refractivity contribution in [1.29, 1.82) is 0 Å². The number of nitrogens with zero attached hydrogens (tertiary/aromatic N) is 2. The number of allylic oxidation sites excluding steroid dienone is 1. The van der Waals surface area contributed by atoms with Gasteiger partial charge >= 0.3 is 0 Å². The van der Waals surface area contributed by atoms with E-state index in [0.29, 0.717) is 0 Å². The van der Waals surface area contributed by atoms with Crippen LogP contribution in [-0.2, 0) is 12.8 Å². The van der Waals surface area contributed by atoms with Crippen LogP contribution in [0, 0.1) is 0 Å². The van der Waals surface area contributed by atoms with E-state index in [-0.39, 0.29) is 6.04 Å². The van der Waals surface area contributed by atoms with Crippen molar-refractivity contribution in [1.82, 2.24) is 0 Å². The maximum atomic E-state index is 2.62. The summed E-state index contributed by atoms with van der Waals surface area (Å²) in [5, 5.41) is 12.3. The third-order valence-electron chi connectivity index (χ3n) is 12.9. The smallest absolute Gasteiger partial charge is 0.0566 e. The predicted molar refractivity (Wildman–Crippen MR) is 258 cm³/mol. The molecule has 10 aromatic carbocycles. The summed E-state index contributed by atoms with van der Waals surface area (Å²) in [6.45, 7) is 0. The molecule has 0 bridgehead atoms. The summed E-state index contributed by atoms with van der Waals surface area (Å²) < 4.78 is 0. The maximum absolute atomic E-state index is 2.62. The molecule has 0 aromatic heterocycles. The van der Waals surface area contributed by atoms with Crippen LogP contribution in [0.1, 0.15) is 28.7 Å². The van der Waals surface area contributed by atoms with Gasteiger partial charge in [0.25, 0.3) is 0 Å². The SMILES string of the molecule is C1=Cc2cc(N(c3cc4c5ccccc5c(N(c5ccc6ccccc6c5)c5ccc6ccccc6c5)cc4c4ccccc34)C3C=Cc4ccccc4C3)ccc2CC1. The lowest BCUT2D eigenvalue weighted by Gasteiger charge is -2.36. The van der Waals surface area contributed by atoms with Crippen LogP contribution < -0.4 is 9.80 Å². The Morgan fingerprint density at radius 3 is 1.65 bits per heavy atom. The molecule has 60 heavy (non-hydrogen) atoms. The number of fused-ring (bicyclic) bond motifs is 9. The topological polar surface area (TPSA) is 6.48 Å². The van der Waals surface area contributed by atoms with Crippen LogP contribution in [-0.4, -0.2) is 6.04 Å². The Bertz CT molecular complexity index is 3310. The van der Waals surface area contributed by atoms with Gasteiger partial charge in [0, 0.05) is 27.8 Å². The lowest BCUT2D eigenvalue weighted by atomic mass is 9.90. The van der Waals surface area contributed by atoms with Gasteiger partial charge in [-0.3, -0.25) is 0 Å². The van der Waals surface area contributed by atoms with E-state index in [4.69, 9.17) is 0 Å². The number of anilines is 5. The zero-order chi connectivity index (χ0) is 39.6. The van der Waals surface area contributed by atoms with E-state index < -0.39 is 0 Å². The molecule has 1 unspecified atom stereocenters. The minimum Gasteiger partial charge on any atom is -0.334 e. The van der Waals surface area contributed by atoms with E-state index in [0.717, 1.165) is 36.3 Å². The van der Waals surface area contributed by atoms with Crippen molar-refractivity contribution in [3.8, 4) is 0 Å². The van der Waals surface area contributed by atoms with E-state index in [9.17, 15) is 0 Å². The Kier molecular flexibility index (Phi) is 8.16. The fourth-order valence-electron chi connectivity index (χ4n) is 10.00. The van der Waals surface area contributed by atoms with Crippen molar-refractivity contribution in [2.24, 2.45) is 0 Å². The van der Waals surface area contributed by atoms with Crippen LogP contribution in [0.2, 0.25) is 0 Å². The number of hydrogen-bond donors (Lipinski definition) is 0. The Morgan fingerprint density at radius 1 is 0.383 bits per heavy atom. The fraction of sp³-hybridized carbons (Fsp3) is 0.0690. The zero-order valence-corrected chi connectivity index (χ0v) is 33.3. The van der Waals surface area contributed by atoms with E-state index in [2.05, 4.69) is 222 Å². The van der Waals surface area contributed by atoms with E-state index >= 15 is 0 Å². The highest BCUT2D eigenvalue weighted by Crippen LogP contribution is 2.48. The van der Waals surface area contributed by atoms with Gasteiger partial charge in [0.1, 0.15) is 0 Å². The van der Waals surface area contributed by atoms with Crippen LogP contribution >= 0.6 is 0 Å². The van der Waals surface area contributed by atoms with Crippen molar-refractivity contribution >= 4 is 94.5 Å². The molecule has 0 spiro atoms. The van der Waals surface area contributed by atoms with Crippen molar-refractivity contribution in [2.45, 2.75) is 25.3 Å².